The summed E-state index contributed by atoms with van der Waals surface area (Å²) in [5.41, 5.74) is 8.86. The Hall–Kier alpha value is -3.74. The quantitative estimate of drug-likeness (QED) is 0.197. The molecule has 4 N–H and O–H groups in total. The molecule has 0 saturated carbocycles. The molecule has 11 nitrogen and oxygen atoms in total. The number of aryl methyl sites for hydroxylation is 2. The van der Waals surface area contributed by atoms with E-state index in [0.29, 0.717) is 40.8 Å². The van der Waals surface area contributed by atoms with E-state index in [1.165, 1.54) is 12.1 Å². The number of sulfonamides is 1. The third-order valence-corrected chi connectivity index (χ3v) is 7.76. The van der Waals surface area contributed by atoms with E-state index in [1.54, 1.807) is 42.7 Å². The summed E-state index contributed by atoms with van der Waals surface area (Å²) in [5.74, 6) is 1.09. The number of nitrogens with two attached hydrogens (primary N) is 1. The van der Waals surface area contributed by atoms with Gasteiger partial charge in [-0.05, 0) is 54.7 Å². The van der Waals surface area contributed by atoms with Crippen LogP contribution in [0.4, 0.5) is 10.6 Å². The van der Waals surface area contributed by atoms with Gasteiger partial charge in [-0.3, -0.25) is 0 Å². The Kier molecular flexibility index (Phi) is 9.91. The number of nitrogens with zero attached hydrogens (tertiary/aromatic N) is 4. The number of benzene rings is 2. The summed E-state index contributed by atoms with van der Waals surface area (Å²) in [6, 6.07) is 13.2. The van der Waals surface area contributed by atoms with Crippen molar-refractivity contribution in [3.05, 3.63) is 76.8 Å². The van der Waals surface area contributed by atoms with Crippen LogP contribution in [0.25, 0.3) is 11.2 Å². The number of nitrogens with one attached hydrogen (secondary N) is 2. The minimum Gasteiger partial charge on any atom is -0.450 e. The number of halogens is 1. The highest BCUT2D eigenvalue weighted by Crippen LogP contribution is 2.18. The molecule has 2 aromatic carbocycles. The number of hydrogen-bond donors (Lipinski definition) is 3. The SMILES string of the molecule is CCCc1nc(N)c2ncn(CCCCOC(=O)NCc3ccc(S(=O)(=O)NCc4ccc(Cl)cc4)cc3)c2n1. The molecule has 1 amide bonds. The Bertz CT molecular complexity index is 1540. The van der Waals surface area contributed by atoms with Crippen LogP contribution in [-0.2, 0) is 40.8 Å². The monoisotopic (exact) mass is 585 g/mol. The van der Waals surface area contributed by atoms with Gasteiger partial charge in [0.05, 0.1) is 17.8 Å². The van der Waals surface area contributed by atoms with Crippen molar-refractivity contribution < 1.29 is 17.9 Å². The second-order valence-electron chi connectivity index (χ2n) is 9.18. The van der Waals surface area contributed by atoms with Crippen LogP contribution in [0.3, 0.4) is 0 Å². The van der Waals surface area contributed by atoms with Crippen molar-refractivity contribution in [3.8, 4) is 0 Å². The van der Waals surface area contributed by atoms with Crippen molar-refractivity contribution in [1.82, 2.24) is 29.6 Å². The highest BCUT2D eigenvalue weighted by Gasteiger charge is 2.14. The average Bonchev–Trinajstić information content (AvgIpc) is 3.35. The first-order valence-electron chi connectivity index (χ1n) is 13.0. The van der Waals surface area contributed by atoms with Crippen molar-refractivity contribution in [3.63, 3.8) is 0 Å². The number of alkyl carbamates (subject to hydrolysis) is 1. The van der Waals surface area contributed by atoms with Crippen molar-refractivity contribution in [1.29, 1.82) is 0 Å². The third kappa shape index (κ3) is 7.90. The summed E-state index contributed by atoms with van der Waals surface area (Å²) in [5, 5.41) is 3.26. The lowest BCUT2D eigenvalue weighted by atomic mass is 10.2. The van der Waals surface area contributed by atoms with E-state index < -0.39 is 16.1 Å². The summed E-state index contributed by atoms with van der Waals surface area (Å²) in [6.45, 7) is 3.33. The molecule has 4 aromatic rings. The van der Waals surface area contributed by atoms with Gasteiger partial charge in [-0.15, -0.1) is 0 Å². The van der Waals surface area contributed by atoms with Gasteiger partial charge in [-0.25, -0.2) is 32.9 Å². The number of aromatic nitrogens is 4. The molecule has 0 aliphatic carbocycles. The van der Waals surface area contributed by atoms with Crippen LogP contribution in [0.5, 0.6) is 0 Å². The standard InChI is InChI=1S/C27H32ClN7O4S/c1-2-5-23-33-25(29)24-26(34-23)35(18-31-24)14-3-4-15-39-27(36)30-16-19-8-12-22(13-9-19)40(37,38)32-17-20-6-10-21(28)11-7-20/h6-13,18,32H,2-5,14-17H2,1H3,(H,30,36)(H2,29,33,34). The summed E-state index contributed by atoms with van der Waals surface area (Å²) in [4.78, 5) is 25.4. The fourth-order valence-electron chi connectivity index (χ4n) is 3.94. The fraction of sp³-hybridized carbons (Fsp3) is 0.333. The van der Waals surface area contributed by atoms with Gasteiger partial charge in [0.1, 0.15) is 11.3 Å². The maximum absolute atomic E-state index is 12.6. The summed E-state index contributed by atoms with van der Waals surface area (Å²) >= 11 is 5.86. The molecule has 0 saturated heterocycles. The number of carbonyl (C=O) groups excluding carboxylic acids is 1. The number of rotatable bonds is 13. The maximum Gasteiger partial charge on any atom is 0.407 e. The molecule has 0 aliphatic rings. The maximum atomic E-state index is 12.6. The Balaban J connectivity index is 1.17. The van der Waals surface area contributed by atoms with Crippen molar-refractivity contribution in [2.75, 3.05) is 12.3 Å². The second kappa shape index (κ2) is 13.6. The van der Waals surface area contributed by atoms with Crippen LogP contribution in [0.2, 0.25) is 5.02 Å². The molecule has 0 radical (unpaired) electrons. The predicted molar refractivity (Wildman–Crippen MR) is 153 cm³/mol. The molecule has 40 heavy (non-hydrogen) atoms. The van der Waals surface area contributed by atoms with Crippen LogP contribution >= 0.6 is 11.6 Å². The van der Waals surface area contributed by atoms with Crippen LogP contribution in [0, 0.1) is 0 Å². The van der Waals surface area contributed by atoms with E-state index in [1.807, 2.05) is 4.57 Å². The van der Waals surface area contributed by atoms with E-state index >= 15 is 0 Å². The zero-order valence-electron chi connectivity index (χ0n) is 22.1. The number of anilines is 1. The van der Waals surface area contributed by atoms with E-state index in [0.717, 1.165) is 30.4 Å². The molecule has 0 unspecified atom stereocenters. The predicted octanol–water partition coefficient (Wildman–Crippen LogP) is 4.20. The third-order valence-electron chi connectivity index (χ3n) is 6.09. The molecule has 2 aromatic heterocycles. The van der Waals surface area contributed by atoms with Gasteiger partial charge in [-0.2, -0.15) is 0 Å². The Morgan fingerprint density at radius 3 is 2.45 bits per heavy atom. The van der Waals surface area contributed by atoms with Gasteiger partial charge in [0.15, 0.2) is 11.5 Å². The minimum absolute atomic E-state index is 0.134. The normalized spacial score (nSPS) is 11.6. The number of amides is 1. The molecule has 0 spiro atoms. The van der Waals surface area contributed by atoms with Crippen LogP contribution in [0.1, 0.15) is 43.1 Å². The van der Waals surface area contributed by atoms with E-state index in [-0.39, 0.29) is 24.6 Å². The minimum atomic E-state index is -3.68. The zero-order chi connectivity index (χ0) is 28.5. The summed E-state index contributed by atoms with van der Waals surface area (Å²) < 4.78 is 34.9. The van der Waals surface area contributed by atoms with Gasteiger partial charge in [-0.1, -0.05) is 42.8 Å². The summed E-state index contributed by atoms with van der Waals surface area (Å²) in [7, 11) is -3.68. The summed E-state index contributed by atoms with van der Waals surface area (Å²) in [6.07, 6.45) is 4.25. The topological polar surface area (TPSA) is 154 Å². The van der Waals surface area contributed by atoms with Crippen molar-refractivity contribution >= 4 is 44.7 Å². The molecule has 0 fully saturated rings. The number of ether oxygens (including phenoxy) is 1. The van der Waals surface area contributed by atoms with Gasteiger partial charge in [0.25, 0.3) is 0 Å². The highest BCUT2D eigenvalue weighted by molar-refractivity contribution is 7.89. The molecule has 212 valence electrons. The Labute approximate surface area is 238 Å². The molecule has 0 aliphatic heterocycles. The van der Waals surface area contributed by atoms with Crippen molar-refractivity contribution in [2.45, 2.75) is 57.1 Å². The molecular weight excluding hydrogens is 554 g/mol. The van der Waals surface area contributed by atoms with Crippen LogP contribution in [-0.4, -0.2) is 40.6 Å². The number of unbranched alkanes of at least 4 members (excludes halogenated alkanes) is 1. The molecule has 4 rings (SSSR count). The van der Waals surface area contributed by atoms with E-state index in [9.17, 15) is 13.2 Å². The molecule has 2 heterocycles. The van der Waals surface area contributed by atoms with E-state index in [2.05, 4.69) is 31.9 Å². The lowest BCUT2D eigenvalue weighted by Gasteiger charge is -2.10. The lowest BCUT2D eigenvalue weighted by molar-refractivity contribution is 0.143. The smallest absolute Gasteiger partial charge is 0.407 e. The average molecular weight is 586 g/mol. The fourth-order valence-corrected chi connectivity index (χ4v) is 5.08. The molecule has 0 atom stereocenters. The number of hydrogen-bond acceptors (Lipinski definition) is 8. The first-order chi connectivity index (χ1) is 19.2. The van der Waals surface area contributed by atoms with Crippen molar-refractivity contribution in [2.24, 2.45) is 0 Å². The zero-order valence-corrected chi connectivity index (χ0v) is 23.7. The Morgan fingerprint density at radius 2 is 1.73 bits per heavy atom. The first kappa shape index (κ1) is 29.2. The number of nitrogen functional groups attached to an aromatic ring is 1. The number of fused-ring (bicyclic) bond motifs is 1. The van der Waals surface area contributed by atoms with E-state index in [4.69, 9.17) is 22.1 Å². The lowest BCUT2D eigenvalue weighted by Crippen LogP contribution is -2.25. The largest absolute Gasteiger partial charge is 0.450 e. The van der Waals surface area contributed by atoms with Gasteiger partial charge in [0.2, 0.25) is 10.0 Å². The van der Waals surface area contributed by atoms with Crippen LogP contribution in [0.15, 0.2) is 59.8 Å². The second-order valence-corrected chi connectivity index (χ2v) is 11.4. The molecular formula is C27H32ClN7O4S. The van der Waals surface area contributed by atoms with Gasteiger partial charge >= 0.3 is 6.09 Å². The Morgan fingerprint density at radius 1 is 1.02 bits per heavy atom. The number of carbonyl (C=O) groups is 1. The molecule has 13 heteroatoms. The first-order valence-corrected chi connectivity index (χ1v) is 14.8. The highest BCUT2D eigenvalue weighted by atomic mass is 35.5. The van der Waals surface area contributed by atoms with Gasteiger partial charge in [0, 0.05) is 31.1 Å². The number of imidazole rings is 1. The van der Waals surface area contributed by atoms with Gasteiger partial charge < -0.3 is 20.4 Å². The molecule has 0 bridgehead atoms. The van der Waals surface area contributed by atoms with Crippen LogP contribution < -0.4 is 15.8 Å².